The van der Waals surface area contributed by atoms with E-state index in [2.05, 4.69) is 0 Å². The summed E-state index contributed by atoms with van der Waals surface area (Å²) < 4.78 is 31.1. The van der Waals surface area contributed by atoms with Crippen molar-refractivity contribution < 1.29 is 12.3 Å². The van der Waals surface area contributed by atoms with Gasteiger partial charge in [-0.2, -0.15) is 8.42 Å². The van der Waals surface area contributed by atoms with Crippen LogP contribution >= 0.6 is 0 Å². The molecule has 0 aromatic carbocycles. The van der Waals surface area contributed by atoms with E-state index in [1.807, 2.05) is 0 Å². The lowest BCUT2D eigenvalue weighted by Crippen LogP contribution is -2.01. The summed E-state index contributed by atoms with van der Waals surface area (Å²) in [6, 6.07) is 0. The summed E-state index contributed by atoms with van der Waals surface area (Å²) in [5.74, 6) is 0. The van der Waals surface area contributed by atoms with E-state index in [9.17, 15) is 12.3 Å². The van der Waals surface area contributed by atoms with Crippen LogP contribution in [0.3, 0.4) is 0 Å². The van der Waals surface area contributed by atoms with Gasteiger partial charge >= 0.3 is 10.2 Å². The molecule has 0 radical (unpaired) electrons. The molecule has 0 fully saturated rings. The molecular weight excluding hydrogens is 145 g/mol. The average Bonchev–Trinajstić information content (AvgIpc) is 1.59. The second kappa shape index (κ2) is 2.82. The number of hydrogen-bond donors (Lipinski definition) is 0. The summed E-state index contributed by atoms with van der Waals surface area (Å²) in [5, 5.41) is 0.493. The first kappa shape index (κ1) is 8.42. The number of hydrogen-bond acceptors (Lipinski definition) is 3. The Morgan fingerprint density at radius 3 is 2.00 bits per heavy atom. The number of rotatable bonds is 2. The fourth-order valence-electron chi connectivity index (χ4n) is 0.194. The molecule has 5 heteroatoms. The Morgan fingerprint density at radius 2 is 1.89 bits per heavy atom. The standard InChI is InChI=1S/C4H8FNO2S/c1-6(2)3-4-9(5,7)8/h3-4H,1-2H3. The first-order chi connectivity index (χ1) is 3.92. The van der Waals surface area contributed by atoms with Gasteiger partial charge in [-0.3, -0.25) is 0 Å². The fraction of sp³-hybridized carbons (Fsp3) is 0.500. The molecule has 0 N–H and O–H groups in total. The van der Waals surface area contributed by atoms with Gasteiger partial charge in [-0.05, 0) is 0 Å². The van der Waals surface area contributed by atoms with Crippen molar-refractivity contribution in [2.24, 2.45) is 0 Å². The van der Waals surface area contributed by atoms with Crippen LogP contribution in [0.2, 0.25) is 0 Å². The number of nitrogens with zero attached hydrogens (tertiary/aromatic N) is 1. The van der Waals surface area contributed by atoms with Crippen LogP contribution in [0.25, 0.3) is 0 Å². The van der Waals surface area contributed by atoms with Gasteiger partial charge in [-0.25, -0.2) is 0 Å². The van der Waals surface area contributed by atoms with E-state index < -0.39 is 10.2 Å². The summed E-state index contributed by atoms with van der Waals surface area (Å²) in [7, 11) is -1.24. The van der Waals surface area contributed by atoms with Gasteiger partial charge in [-0.1, -0.05) is 0 Å². The zero-order valence-corrected chi connectivity index (χ0v) is 6.02. The van der Waals surface area contributed by atoms with Gasteiger partial charge in [0.2, 0.25) is 0 Å². The number of halogens is 1. The lowest BCUT2D eigenvalue weighted by Gasteiger charge is -2.00. The first-order valence-corrected chi connectivity index (χ1v) is 3.66. The third-order valence-corrected chi connectivity index (χ3v) is 0.968. The maximum absolute atomic E-state index is 11.6. The van der Waals surface area contributed by atoms with Gasteiger partial charge in [0, 0.05) is 20.3 Å². The van der Waals surface area contributed by atoms with Crippen LogP contribution in [-0.2, 0) is 10.2 Å². The van der Waals surface area contributed by atoms with Crippen molar-refractivity contribution in [2.75, 3.05) is 14.1 Å². The van der Waals surface area contributed by atoms with E-state index in [0.29, 0.717) is 5.41 Å². The molecular formula is C4H8FNO2S. The lowest BCUT2D eigenvalue weighted by molar-refractivity contribution is 0.550. The lowest BCUT2D eigenvalue weighted by atomic mass is 10.9. The highest BCUT2D eigenvalue weighted by molar-refractivity contribution is 7.89. The van der Waals surface area contributed by atoms with Crippen LogP contribution < -0.4 is 0 Å². The summed E-state index contributed by atoms with van der Waals surface area (Å²) >= 11 is 0. The molecule has 3 nitrogen and oxygen atoms in total. The Bertz CT molecular complexity index is 195. The van der Waals surface area contributed by atoms with Crippen molar-refractivity contribution in [3.63, 3.8) is 0 Å². The van der Waals surface area contributed by atoms with Crippen molar-refractivity contribution >= 4 is 10.2 Å². The minimum absolute atomic E-state index is 0.493. The molecule has 0 amide bonds. The highest BCUT2D eigenvalue weighted by atomic mass is 32.3. The van der Waals surface area contributed by atoms with Crippen LogP contribution in [0.1, 0.15) is 0 Å². The van der Waals surface area contributed by atoms with Crippen LogP contribution in [0.5, 0.6) is 0 Å². The predicted molar refractivity (Wildman–Crippen MR) is 32.9 cm³/mol. The molecule has 0 aliphatic carbocycles. The van der Waals surface area contributed by atoms with E-state index in [1.165, 1.54) is 4.90 Å². The van der Waals surface area contributed by atoms with E-state index in [0.717, 1.165) is 6.20 Å². The molecule has 9 heavy (non-hydrogen) atoms. The summed E-state index contributed by atoms with van der Waals surface area (Å²) in [6.07, 6.45) is 1.12. The van der Waals surface area contributed by atoms with E-state index >= 15 is 0 Å². The van der Waals surface area contributed by atoms with Crippen molar-refractivity contribution in [1.29, 1.82) is 0 Å². The third kappa shape index (κ3) is 7.42. The maximum atomic E-state index is 11.6. The molecule has 54 valence electrons. The van der Waals surface area contributed by atoms with Crippen LogP contribution in [0, 0.1) is 0 Å². The highest BCUT2D eigenvalue weighted by Gasteiger charge is 1.96. The largest absolute Gasteiger partial charge is 0.383 e. The molecule has 0 saturated heterocycles. The van der Waals surface area contributed by atoms with Crippen LogP contribution in [-0.4, -0.2) is 27.4 Å². The molecule has 0 aliphatic heterocycles. The smallest absolute Gasteiger partial charge is 0.326 e. The van der Waals surface area contributed by atoms with Gasteiger partial charge < -0.3 is 4.90 Å². The van der Waals surface area contributed by atoms with E-state index in [1.54, 1.807) is 14.1 Å². The van der Waals surface area contributed by atoms with Crippen LogP contribution in [0.15, 0.2) is 11.6 Å². The monoisotopic (exact) mass is 153 g/mol. The molecule has 0 spiro atoms. The normalized spacial score (nSPS) is 12.3. The molecule has 0 saturated carbocycles. The quantitative estimate of drug-likeness (QED) is 0.536. The second-order valence-corrected chi connectivity index (χ2v) is 2.95. The van der Waals surface area contributed by atoms with E-state index in [-0.39, 0.29) is 0 Å². The second-order valence-electron chi connectivity index (χ2n) is 1.72. The molecule has 0 aliphatic rings. The van der Waals surface area contributed by atoms with Crippen LogP contribution in [0.4, 0.5) is 3.89 Å². The summed E-state index contributed by atoms with van der Waals surface area (Å²) in [5.41, 5.74) is 0. The van der Waals surface area contributed by atoms with Crippen molar-refractivity contribution in [2.45, 2.75) is 0 Å². The molecule has 0 atom stereocenters. The maximum Gasteiger partial charge on any atom is 0.326 e. The molecule has 0 bridgehead atoms. The summed E-state index contributed by atoms with van der Waals surface area (Å²) in [4.78, 5) is 1.43. The van der Waals surface area contributed by atoms with Gasteiger partial charge in [0.05, 0.1) is 5.41 Å². The Morgan fingerprint density at radius 1 is 1.44 bits per heavy atom. The van der Waals surface area contributed by atoms with Crippen molar-refractivity contribution in [1.82, 2.24) is 4.90 Å². The highest BCUT2D eigenvalue weighted by Crippen LogP contribution is 1.92. The van der Waals surface area contributed by atoms with Crippen molar-refractivity contribution in [3.8, 4) is 0 Å². The van der Waals surface area contributed by atoms with Crippen molar-refractivity contribution in [3.05, 3.63) is 11.6 Å². The molecule has 0 heterocycles. The zero-order valence-electron chi connectivity index (χ0n) is 5.20. The summed E-state index contributed by atoms with van der Waals surface area (Å²) in [6.45, 7) is 0. The van der Waals surface area contributed by atoms with Gasteiger partial charge in [-0.15, -0.1) is 3.89 Å². The Kier molecular flexibility index (Phi) is 2.64. The zero-order chi connectivity index (χ0) is 7.49. The van der Waals surface area contributed by atoms with Gasteiger partial charge in [0.1, 0.15) is 0 Å². The van der Waals surface area contributed by atoms with Gasteiger partial charge in [0.25, 0.3) is 0 Å². The SMILES string of the molecule is CN(C)C=CS(=O)(=O)F. The molecule has 0 aromatic rings. The predicted octanol–water partition coefficient (Wildman–Crippen LogP) is 0.318. The third-order valence-electron chi connectivity index (χ3n) is 0.522. The van der Waals surface area contributed by atoms with E-state index in [4.69, 9.17) is 0 Å². The Labute approximate surface area is 54.0 Å². The Hall–Kier alpha value is -0.580. The fourth-order valence-corrected chi connectivity index (χ4v) is 0.583. The molecule has 0 unspecified atom stereocenters. The average molecular weight is 153 g/mol. The minimum Gasteiger partial charge on any atom is -0.383 e. The Balaban J connectivity index is 4.03. The first-order valence-electron chi connectivity index (χ1n) is 2.21. The minimum atomic E-state index is -4.44. The molecule has 0 rings (SSSR count). The van der Waals surface area contributed by atoms with Gasteiger partial charge in [0.15, 0.2) is 0 Å². The topological polar surface area (TPSA) is 37.4 Å². The molecule has 0 aromatic heterocycles.